The predicted molar refractivity (Wildman–Crippen MR) is 173 cm³/mol. The number of halogens is 1. The van der Waals surface area contributed by atoms with Crippen LogP contribution in [-0.4, -0.2) is 58.2 Å². The molecule has 2 N–H and O–H groups in total. The number of anilines is 1. The summed E-state index contributed by atoms with van der Waals surface area (Å²) in [5.74, 6) is -2.68. The van der Waals surface area contributed by atoms with Crippen LogP contribution in [0.1, 0.15) is 44.3 Å². The zero-order valence-electron chi connectivity index (χ0n) is 26.4. The molecule has 11 heteroatoms. The molecule has 250 valence electrons. The van der Waals surface area contributed by atoms with Gasteiger partial charge in [-0.15, -0.1) is 0 Å². The topological polar surface area (TPSA) is 132 Å². The Morgan fingerprint density at radius 3 is 2.06 bits per heavy atom. The molecule has 0 amide bonds. The number of cyclic esters (lactones) is 1. The molecule has 10 nitrogen and oxygen atoms in total. The van der Waals surface area contributed by atoms with E-state index < -0.39 is 36.5 Å². The molecule has 4 aromatic carbocycles. The van der Waals surface area contributed by atoms with Crippen molar-refractivity contribution in [2.75, 3.05) is 21.2 Å². The summed E-state index contributed by atoms with van der Waals surface area (Å²) in [4.78, 5) is 41.8. The second-order valence-corrected chi connectivity index (χ2v) is 12.8. The van der Waals surface area contributed by atoms with E-state index in [9.17, 15) is 24.6 Å². The number of hydrogen-bond donors (Lipinski definition) is 2. The molecule has 0 bridgehead atoms. The molecule has 2 atom stereocenters. The number of aromatic hydroxyl groups is 1. The number of hydrogen-bond acceptors (Lipinski definition) is 10. The Morgan fingerprint density at radius 1 is 0.854 bits per heavy atom. The van der Waals surface area contributed by atoms with Gasteiger partial charge in [0.1, 0.15) is 13.2 Å². The molecule has 0 fully saturated rings. The van der Waals surface area contributed by atoms with Gasteiger partial charge in [0.25, 0.3) is 0 Å². The number of aliphatic hydroxyl groups excluding tert-OH is 1. The molecule has 4 aromatic rings. The average Bonchev–Trinajstić information content (AvgIpc) is 3.44. The van der Waals surface area contributed by atoms with E-state index in [4.69, 9.17) is 18.9 Å². The van der Waals surface area contributed by atoms with E-state index in [-0.39, 0.29) is 68.7 Å². The number of ether oxygens (including phenoxy) is 4. The number of nitrogens with zero attached hydrogens (tertiary/aromatic N) is 1. The van der Waals surface area contributed by atoms with Gasteiger partial charge in [0.2, 0.25) is 5.76 Å². The monoisotopic (exact) mass is 764 g/mol. The first-order valence-electron chi connectivity index (χ1n) is 15.2. The molecular formula is C37H35INO9-. The normalized spacial score (nSPS) is 14.7. The summed E-state index contributed by atoms with van der Waals surface area (Å²) >= 11 is -0.272. The fraction of sp³-hybridized carbons (Fsp3) is 0.216. The number of carbonyl (C=O) groups excluding carboxylic acids is 3. The van der Waals surface area contributed by atoms with Crippen LogP contribution in [0.15, 0.2) is 115 Å². The van der Waals surface area contributed by atoms with Gasteiger partial charge >= 0.3 is 163 Å². The van der Waals surface area contributed by atoms with Gasteiger partial charge in [-0.1, -0.05) is 60.7 Å². The summed E-state index contributed by atoms with van der Waals surface area (Å²) in [5, 5.41) is 21.8. The van der Waals surface area contributed by atoms with Gasteiger partial charge < -0.3 is 19.3 Å². The van der Waals surface area contributed by atoms with Crippen LogP contribution in [0.2, 0.25) is 0 Å². The van der Waals surface area contributed by atoms with E-state index in [0.717, 1.165) is 23.4 Å². The molecule has 48 heavy (non-hydrogen) atoms. The standard InChI is InChI=1S/C37H35INO9/c1-3-39(38-2)26-18-19-29(30(40)20-26)32(42)27-16-10-11-17-28(27)36(43)47-23-31(41)33-34(45-21-24-12-6-4-7-13-24)35(37(44)48-33)46-22-25-14-8-5-9-15-25/h4-20,31,33,40-41H,3,21-23H2,1-2H3/q-1. The third kappa shape index (κ3) is 8.15. The molecule has 0 radical (unpaired) electrons. The number of ketones is 1. The summed E-state index contributed by atoms with van der Waals surface area (Å²) in [6.45, 7) is 2.32. The summed E-state index contributed by atoms with van der Waals surface area (Å²) in [5.41, 5.74) is 2.43. The van der Waals surface area contributed by atoms with E-state index in [1.807, 2.05) is 67.6 Å². The van der Waals surface area contributed by atoms with Crippen molar-refractivity contribution in [3.05, 3.63) is 142 Å². The second kappa shape index (κ2) is 16.3. The number of alkyl halides is 1. The van der Waals surface area contributed by atoms with Gasteiger partial charge in [0, 0.05) is 0 Å². The van der Waals surface area contributed by atoms with E-state index >= 15 is 0 Å². The zero-order chi connectivity index (χ0) is 34.0. The van der Waals surface area contributed by atoms with Gasteiger partial charge in [0.05, 0.1) is 0 Å². The predicted octanol–water partition coefficient (Wildman–Crippen LogP) is 2.17. The van der Waals surface area contributed by atoms with Gasteiger partial charge in [0.15, 0.2) is 11.9 Å². The van der Waals surface area contributed by atoms with Crippen LogP contribution in [0.3, 0.4) is 0 Å². The molecule has 0 saturated heterocycles. The fourth-order valence-corrected chi connectivity index (χ4v) is 6.58. The van der Waals surface area contributed by atoms with Crippen molar-refractivity contribution in [1.29, 1.82) is 0 Å². The molecular weight excluding hydrogens is 729 g/mol. The SMILES string of the molecule is CCN([I-]C)c1ccc(C(=O)c2ccccc2C(=O)OCC(O)C2OC(=O)C(OCc3ccccc3)=C2OCc2ccccc2)c(O)c1. The van der Waals surface area contributed by atoms with Crippen molar-refractivity contribution in [2.24, 2.45) is 0 Å². The summed E-state index contributed by atoms with van der Waals surface area (Å²) < 4.78 is 24.8. The molecule has 1 heterocycles. The first-order valence-corrected chi connectivity index (χ1v) is 18.3. The number of esters is 2. The molecule has 1 aliphatic rings. The van der Waals surface area contributed by atoms with E-state index in [1.54, 1.807) is 24.3 Å². The third-order valence-corrected chi connectivity index (χ3v) is 9.88. The molecule has 0 spiro atoms. The number of carbonyl (C=O) groups is 3. The Labute approximate surface area is 289 Å². The minimum atomic E-state index is -1.52. The molecule has 2 unspecified atom stereocenters. The Hall–Kier alpha value is -4.88. The number of phenolic OH excluding ortho intramolecular Hbond substituents is 1. The van der Waals surface area contributed by atoms with Crippen LogP contribution in [0, 0.1) is 0 Å². The Bertz CT molecular complexity index is 1770. The number of rotatable bonds is 15. The van der Waals surface area contributed by atoms with Crippen LogP contribution < -0.4 is 24.6 Å². The van der Waals surface area contributed by atoms with Crippen molar-refractivity contribution >= 4 is 23.4 Å². The first kappa shape index (κ1) is 34.5. The maximum absolute atomic E-state index is 13.5. The zero-order valence-corrected chi connectivity index (χ0v) is 28.5. The van der Waals surface area contributed by atoms with Gasteiger partial charge in [-0.25, -0.2) is 4.79 Å². The molecule has 5 rings (SSSR count). The van der Waals surface area contributed by atoms with E-state index in [2.05, 4.69) is 8.04 Å². The van der Waals surface area contributed by atoms with Gasteiger partial charge in [-0.05, 0) is 11.1 Å². The molecule has 0 aliphatic carbocycles. The maximum atomic E-state index is 13.5. The molecule has 0 aromatic heterocycles. The van der Waals surface area contributed by atoms with Crippen LogP contribution in [0.4, 0.5) is 5.69 Å². The van der Waals surface area contributed by atoms with Crippen LogP contribution in [0.5, 0.6) is 5.75 Å². The minimum absolute atomic E-state index is 0.0194. The van der Waals surface area contributed by atoms with Crippen LogP contribution in [-0.2, 0) is 37.0 Å². The van der Waals surface area contributed by atoms with Gasteiger partial charge in [-0.2, -0.15) is 0 Å². The van der Waals surface area contributed by atoms with Crippen molar-refractivity contribution in [3.8, 4) is 5.75 Å². The van der Waals surface area contributed by atoms with E-state index in [0.29, 0.717) is 0 Å². The Morgan fingerprint density at radius 2 is 1.46 bits per heavy atom. The van der Waals surface area contributed by atoms with Crippen molar-refractivity contribution in [2.45, 2.75) is 32.3 Å². The quantitative estimate of drug-likeness (QED) is 0.0611. The second-order valence-electron chi connectivity index (χ2n) is 10.7. The van der Waals surface area contributed by atoms with Crippen LogP contribution in [0.25, 0.3) is 0 Å². The average molecular weight is 765 g/mol. The summed E-state index contributed by atoms with van der Waals surface area (Å²) in [6.07, 6.45) is -2.84. The third-order valence-electron chi connectivity index (χ3n) is 7.48. The first-order chi connectivity index (χ1) is 23.3. The van der Waals surface area contributed by atoms with Crippen molar-refractivity contribution in [1.82, 2.24) is 0 Å². The summed E-state index contributed by atoms with van der Waals surface area (Å²) in [6, 6.07) is 29.3. The number of aliphatic hydroxyl groups is 1. The van der Waals surface area contributed by atoms with Crippen molar-refractivity contribution in [3.63, 3.8) is 0 Å². The number of phenols is 1. The van der Waals surface area contributed by atoms with Crippen molar-refractivity contribution < 1.29 is 65.0 Å². The van der Waals surface area contributed by atoms with Gasteiger partial charge in [-0.3, -0.25) is 0 Å². The Kier molecular flexibility index (Phi) is 11.7. The van der Waals surface area contributed by atoms with E-state index in [1.165, 1.54) is 18.2 Å². The Balaban J connectivity index is 1.31. The molecule has 1 aliphatic heterocycles. The summed E-state index contributed by atoms with van der Waals surface area (Å²) in [7, 11) is 0. The fourth-order valence-electron chi connectivity index (χ4n) is 5.04. The molecule has 0 saturated carbocycles. The number of benzene rings is 4. The van der Waals surface area contributed by atoms with Crippen LogP contribution >= 0.6 is 0 Å².